The smallest absolute Gasteiger partial charge is 0.272 e. The topological polar surface area (TPSA) is 67.3 Å². The van der Waals surface area contributed by atoms with Gasteiger partial charge in [-0.2, -0.15) is 0 Å². The van der Waals surface area contributed by atoms with E-state index in [-0.39, 0.29) is 5.91 Å². The van der Waals surface area contributed by atoms with Crippen LogP contribution in [0.4, 0.5) is 5.82 Å². The largest absolute Gasteiger partial charge is 0.496 e. The Kier molecular flexibility index (Phi) is 5.99. The molecule has 6 nitrogen and oxygen atoms in total. The third kappa shape index (κ3) is 4.82. The van der Waals surface area contributed by atoms with Crippen LogP contribution in [0.5, 0.6) is 5.75 Å². The Bertz CT molecular complexity index is 899. The van der Waals surface area contributed by atoms with Crippen LogP contribution in [0.15, 0.2) is 67.0 Å². The van der Waals surface area contributed by atoms with Gasteiger partial charge in [0.1, 0.15) is 23.6 Å². The number of amides is 1. The van der Waals surface area contributed by atoms with Gasteiger partial charge in [0, 0.05) is 31.8 Å². The molecule has 0 aliphatic carbocycles. The standard InChI is InChI=1S/C21H22N4O2/c1-25(14-16-8-4-3-5-9-16)21(26)18-12-20(24-15-23-18)22-13-17-10-6-7-11-19(17)27-2/h3-12,15H,13-14H2,1-2H3,(H,22,23,24). The Morgan fingerprint density at radius 1 is 1.07 bits per heavy atom. The lowest BCUT2D eigenvalue weighted by atomic mass is 10.2. The molecule has 138 valence electrons. The number of para-hydroxylation sites is 1. The molecule has 0 saturated carbocycles. The van der Waals surface area contributed by atoms with E-state index in [2.05, 4.69) is 15.3 Å². The normalized spacial score (nSPS) is 10.3. The predicted molar refractivity (Wildman–Crippen MR) is 105 cm³/mol. The first-order valence-electron chi connectivity index (χ1n) is 8.64. The van der Waals surface area contributed by atoms with Gasteiger partial charge >= 0.3 is 0 Å². The highest BCUT2D eigenvalue weighted by atomic mass is 16.5. The quantitative estimate of drug-likeness (QED) is 0.698. The average molecular weight is 362 g/mol. The highest BCUT2D eigenvalue weighted by Crippen LogP contribution is 2.18. The summed E-state index contributed by atoms with van der Waals surface area (Å²) in [6.45, 7) is 1.06. The van der Waals surface area contributed by atoms with Crippen LogP contribution in [-0.4, -0.2) is 34.9 Å². The lowest BCUT2D eigenvalue weighted by molar-refractivity contribution is 0.0779. The Balaban J connectivity index is 1.66. The number of hydrogen-bond acceptors (Lipinski definition) is 5. The molecule has 3 aromatic rings. The van der Waals surface area contributed by atoms with E-state index in [4.69, 9.17) is 4.74 Å². The van der Waals surface area contributed by atoms with Gasteiger partial charge in [0.25, 0.3) is 5.91 Å². The molecule has 0 unspecified atom stereocenters. The first-order valence-corrected chi connectivity index (χ1v) is 8.64. The van der Waals surface area contributed by atoms with Crippen LogP contribution in [0.2, 0.25) is 0 Å². The first kappa shape index (κ1) is 18.4. The van der Waals surface area contributed by atoms with Gasteiger partial charge in [-0.15, -0.1) is 0 Å². The van der Waals surface area contributed by atoms with Crippen LogP contribution >= 0.6 is 0 Å². The number of hydrogen-bond donors (Lipinski definition) is 1. The number of nitrogens with zero attached hydrogens (tertiary/aromatic N) is 3. The lowest BCUT2D eigenvalue weighted by Crippen LogP contribution is -2.27. The molecule has 2 aromatic carbocycles. The van der Waals surface area contributed by atoms with E-state index in [0.717, 1.165) is 16.9 Å². The molecular weight excluding hydrogens is 340 g/mol. The van der Waals surface area contributed by atoms with E-state index < -0.39 is 0 Å². The number of anilines is 1. The summed E-state index contributed by atoms with van der Waals surface area (Å²) in [5, 5.41) is 3.22. The fourth-order valence-corrected chi connectivity index (χ4v) is 2.73. The summed E-state index contributed by atoms with van der Waals surface area (Å²) in [5.41, 5.74) is 2.43. The van der Waals surface area contributed by atoms with Gasteiger partial charge in [-0.3, -0.25) is 4.79 Å². The minimum Gasteiger partial charge on any atom is -0.496 e. The van der Waals surface area contributed by atoms with Crippen molar-refractivity contribution < 1.29 is 9.53 Å². The maximum Gasteiger partial charge on any atom is 0.272 e. The van der Waals surface area contributed by atoms with Crippen molar-refractivity contribution in [1.82, 2.24) is 14.9 Å². The zero-order valence-electron chi connectivity index (χ0n) is 15.4. The second-order valence-electron chi connectivity index (χ2n) is 6.10. The number of nitrogens with one attached hydrogen (secondary N) is 1. The van der Waals surface area contributed by atoms with Crippen molar-refractivity contribution in [1.29, 1.82) is 0 Å². The molecule has 0 spiro atoms. The Morgan fingerprint density at radius 2 is 1.81 bits per heavy atom. The molecule has 1 amide bonds. The van der Waals surface area contributed by atoms with Gasteiger partial charge < -0.3 is 15.0 Å². The molecule has 6 heteroatoms. The minimum atomic E-state index is -0.151. The fourth-order valence-electron chi connectivity index (χ4n) is 2.73. The van der Waals surface area contributed by atoms with Crippen molar-refractivity contribution in [2.45, 2.75) is 13.1 Å². The van der Waals surface area contributed by atoms with Gasteiger partial charge in [0.15, 0.2) is 0 Å². The zero-order chi connectivity index (χ0) is 19.1. The molecule has 0 fully saturated rings. The number of carbonyl (C=O) groups is 1. The van der Waals surface area contributed by atoms with Crippen LogP contribution in [0.25, 0.3) is 0 Å². The van der Waals surface area contributed by atoms with Gasteiger partial charge in [-0.05, 0) is 11.6 Å². The maximum atomic E-state index is 12.7. The summed E-state index contributed by atoms with van der Waals surface area (Å²) in [4.78, 5) is 22.6. The van der Waals surface area contributed by atoms with Crippen LogP contribution in [0, 0.1) is 0 Å². The third-order valence-electron chi connectivity index (χ3n) is 4.15. The van der Waals surface area contributed by atoms with Crippen molar-refractivity contribution in [3.63, 3.8) is 0 Å². The number of methoxy groups -OCH3 is 1. The van der Waals surface area contributed by atoms with Crippen molar-refractivity contribution in [2.24, 2.45) is 0 Å². The summed E-state index contributed by atoms with van der Waals surface area (Å²) in [6.07, 6.45) is 1.40. The van der Waals surface area contributed by atoms with E-state index in [1.807, 2.05) is 54.6 Å². The number of rotatable bonds is 7. The van der Waals surface area contributed by atoms with Crippen molar-refractivity contribution in [3.05, 3.63) is 83.8 Å². The molecule has 1 N–H and O–H groups in total. The van der Waals surface area contributed by atoms with E-state index in [1.54, 1.807) is 25.1 Å². The maximum absolute atomic E-state index is 12.7. The molecule has 0 saturated heterocycles. The first-order chi connectivity index (χ1) is 13.2. The molecule has 0 bridgehead atoms. The molecule has 27 heavy (non-hydrogen) atoms. The van der Waals surface area contributed by atoms with Crippen molar-refractivity contribution >= 4 is 11.7 Å². The van der Waals surface area contributed by atoms with Crippen molar-refractivity contribution in [2.75, 3.05) is 19.5 Å². The SMILES string of the molecule is COc1ccccc1CNc1cc(C(=O)N(C)Cc2ccccc2)ncn1. The van der Waals surface area contributed by atoms with Crippen LogP contribution in [0.1, 0.15) is 21.6 Å². The van der Waals surface area contributed by atoms with Gasteiger partial charge in [-0.1, -0.05) is 48.5 Å². The van der Waals surface area contributed by atoms with Crippen LogP contribution in [-0.2, 0) is 13.1 Å². The van der Waals surface area contributed by atoms with Crippen LogP contribution < -0.4 is 10.1 Å². The molecule has 0 radical (unpaired) electrons. The average Bonchev–Trinajstić information content (AvgIpc) is 2.72. The Morgan fingerprint density at radius 3 is 2.59 bits per heavy atom. The number of aromatic nitrogens is 2. The lowest BCUT2D eigenvalue weighted by Gasteiger charge is -2.17. The highest BCUT2D eigenvalue weighted by Gasteiger charge is 2.14. The fraction of sp³-hybridized carbons (Fsp3) is 0.190. The predicted octanol–water partition coefficient (Wildman–Crippen LogP) is 3.37. The van der Waals surface area contributed by atoms with E-state index in [9.17, 15) is 4.79 Å². The van der Waals surface area contributed by atoms with Gasteiger partial charge in [-0.25, -0.2) is 9.97 Å². The molecule has 0 aliphatic rings. The Hall–Kier alpha value is -3.41. The molecule has 0 atom stereocenters. The number of carbonyl (C=O) groups excluding carboxylic acids is 1. The molecule has 0 aliphatic heterocycles. The minimum absolute atomic E-state index is 0.151. The summed E-state index contributed by atoms with van der Waals surface area (Å²) in [5.74, 6) is 1.24. The Labute approximate surface area is 158 Å². The molecule has 1 aromatic heterocycles. The van der Waals surface area contributed by atoms with E-state index >= 15 is 0 Å². The summed E-state index contributed by atoms with van der Waals surface area (Å²) < 4.78 is 5.35. The number of ether oxygens (including phenoxy) is 1. The van der Waals surface area contributed by atoms with E-state index in [0.29, 0.717) is 24.6 Å². The molecular formula is C21H22N4O2. The zero-order valence-corrected chi connectivity index (χ0v) is 15.4. The van der Waals surface area contributed by atoms with E-state index in [1.165, 1.54) is 6.33 Å². The van der Waals surface area contributed by atoms with Gasteiger partial charge in [0.05, 0.1) is 7.11 Å². The summed E-state index contributed by atoms with van der Waals surface area (Å²) in [7, 11) is 3.41. The van der Waals surface area contributed by atoms with Crippen LogP contribution in [0.3, 0.4) is 0 Å². The van der Waals surface area contributed by atoms with Gasteiger partial charge in [0.2, 0.25) is 0 Å². The molecule has 3 rings (SSSR count). The second-order valence-corrected chi connectivity index (χ2v) is 6.10. The molecule has 1 heterocycles. The number of benzene rings is 2. The highest BCUT2D eigenvalue weighted by molar-refractivity contribution is 5.92. The second kappa shape index (κ2) is 8.80. The third-order valence-corrected chi connectivity index (χ3v) is 4.15. The monoisotopic (exact) mass is 362 g/mol. The summed E-state index contributed by atoms with van der Waals surface area (Å²) >= 11 is 0. The summed E-state index contributed by atoms with van der Waals surface area (Å²) in [6, 6.07) is 19.3. The van der Waals surface area contributed by atoms with Crippen molar-refractivity contribution in [3.8, 4) is 5.75 Å².